The third kappa shape index (κ3) is 7.94. The summed E-state index contributed by atoms with van der Waals surface area (Å²) in [6.45, 7) is 3.70. The van der Waals surface area contributed by atoms with Crippen LogP contribution in [0.25, 0.3) is 0 Å². The van der Waals surface area contributed by atoms with Crippen LogP contribution in [-0.2, 0) is 9.59 Å². The highest BCUT2D eigenvalue weighted by atomic mass is 79.9. The molecule has 0 bridgehead atoms. The van der Waals surface area contributed by atoms with Crippen molar-refractivity contribution in [3.8, 4) is 0 Å². The van der Waals surface area contributed by atoms with Crippen LogP contribution in [0.15, 0.2) is 42.0 Å². The number of hydrazone groups is 2. The molecule has 0 saturated heterocycles. The number of amides is 2. The van der Waals surface area contributed by atoms with Crippen LogP contribution in [0.1, 0.15) is 49.3 Å². The van der Waals surface area contributed by atoms with E-state index in [4.69, 9.17) is 0 Å². The van der Waals surface area contributed by atoms with Gasteiger partial charge in [-0.15, -0.1) is 22.7 Å². The minimum atomic E-state index is -0.160. The van der Waals surface area contributed by atoms with E-state index >= 15 is 0 Å². The molecule has 0 aliphatic heterocycles. The van der Waals surface area contributed by atoms with E-state index in [9.17, 15) is 9.59 Å². The van der Waals surface area contributed by atoms with E-state index in [0.717, 1.165) is 28.8 Å². The summed E-state index contributed by atoms with van der Waals surface area (Å²) in [5.74, 6) is -0.319. The van der Waals surface area contributed by atoms with Crippen molar-refractivity contribution in [1.82, 2.24) is 10.9 Å². The lowest BCUT2D eigenvalue weighted by atomic mass is 10.2. The van der Waals surface area contributed by atoms with Crippen LogP contribution in [0.4, 0.5) is 0 Å². The first kappa shape index (κ1) is 22.9. The van der Waals surface area contributed by atoms with Gasteiger partial charge < -0.3 is 0 Å². The Labute approximate surface area is 188 Å². The molecule has 0 radical (unpaired) electrons. The molecule has 0 atom stereocenters. The quantitative estimate of drug-likeness (QED) is 0.254. The van der Waals surface area contributed by atoms with Gasteiger partial charge in [-0.05, 0) is 82.8 Å². The van der Waals surface area contributed by atoms with Crippen LogP contribution in [0.2, 0.25) is 0 Å². The topological polar surface area (TPSA) is 82.9 Å². The van der Waals surface area contributed by atoms with Gasteiger partial charge in [0.05, 0.1) is 28.8 Å². The summed E-state index contributed by atoms with van der Waals surface area (Å²) in [4.78, 5) is 25.7. The van der Waals surface area contributed by atoms with Gasteiger partial charge in [0.1, 0.15) is 0 Å². The Morgan fingerprint density at radius 3 is 1.54 bits per heavy atom. The molecule has 0 unspecified atom stereocenters. The Hall–Kier alpha value is -1.36. The molecule has 2 N–H and O–H groups in total. The molecule has 150 valence electrons. The molecule has 2 amide bonds. The zero-order valence-electron chi connectivity index (χ0n) is 15.4. The maximum atomic E-state index is 11.9. The minimum absolute atomic E-state index is 0.160. The summed E-state index contributed by atoms with van der Waals surface area (Å²) in [5, 5.41) is 8.22. The first-order valence-corrected chi connectivity index (χ1v) is 11.7. The molecular weight excluding hydrogens is 528 g/mol. The van der Waals surface area contributed by atoms with Crippen LogP contribution in [0, 0.1) is 0 Å². The van der Waals surface area contributed by atoms with Gasteiger partial charge in [0.2, 0.25) is 11.8 Å². The number of halogens is 2. The third-order valence-corrected chi connectivity index (χ3v) is 7.08. The fourth-order valence-electron chi connectivity index (χ4n) is 2.10. The first-order valence-electron chi connectivity index (χ1n) is 8.53. The summed E-state index contributed by atoms with van der Waals surface area (Å²) in [7, 11) is 0. The second kappa shape index (κ2) is 11.6. The number of rotatable bonds is 9. The van der Waals surface area contributed by atoms with Gasteiger partial charge in [-0.3, -0.25) is 9.59 Å². The number of unbranched alkanes of at least 4 members (excludes halogenated alkanes) is 1. The van der Waals surface area contributed by atoms with E-state index in [1.54, 1.807) is 22.7 Å². The van der Waals surface area contributed by atoms with Crippen LogP contribution >= 0.6 is 54.5 Å². The summed E-state index contributed by atoms with van der Waals surface area (Å²) >= 11 is 9.91. The van der Waals surface area contributed by atoms with Crippen molar-refractivity contribution >= 4 is 77.8 Å². The molecule has 2 aromatic rings. The molecule has 2 heterocycles. The molecule has 0 spiro atoms. The van der Waals surface area contributed by atoms with Crippen LogP contribution in [0.3, 0.4) is 0 Å². The van der Waals surface area contributed by atoms with Gasteiger partial charge in [0.25, 0.3) is 0 Å². The third-order valence-electron chi connectivity index (χ3n) is 3.61. The zero-order valence-corrected chi connectivity index (χ0v) is 20.2. The van der Waals surface area contributed by atoms with Gasteiger partial charge in [0, 0.05) is 12.8 Å². The van der Waals surface area contributed by atoms with Crippen molar-refractivity contribution in [2.45, 2.75) is 39.5 Å². The van der Waals surface area contributed by atoms with Crippen molar-refractivity contribution in [3.05, 3.63) is 41.6 Å². The van der Waals surface area contributed by atoms with E-state index < -0.39 is 0 Å². The van der Waals surface area contributed by atoms with Gasteiger partial charge in [-0.25, -0.2) is 10.9 Å². The largest absolute Gasteiger partial charge is 0.273 e. The van der Waals surface area contributed by atoms with Crippen LogP contribution in [0.5, 0.6) is 0 Å². The molecule has 0 aromatic carbocycles. The number of hydrogen-bond donors (Lipinski definition) is 2. The second-order valence-corrected chi connectivity index (χ2v) is 10.8. The second-order valence-electron chi connectivity index (χ2n) is 5.88. The maximum absolute atomic E-state index is 11.9. The number of hydrogen-bond acceptors (Lipinski definition) is 6. The Morgan fingerprint density at radius 2 is 1.21 bits per heavy atom. The molecule has 28 heavy (non-hydrogen) atoms. The Bertz CT molecular complexity index is 818. The van der Waals surface area contributed by atoms with E-state index in [1.165, 1.54) is 0 Å². The number of thiophene rings is 2. The lowest BCUT2D eigenvalue weighted by Crippen LogP contribution is -2.20. The van der Waals surface area contributed by atoms with E-state index in [1.807, 2.05) is 38.1 Å². The first-order chi connectivity index (χ1) is 13.3. The summed E-state index contributed by atoms with van der Waals surface area (Å²) < 4.78 is 2.04. The van der Waals surface area contributed by atoms with E-state index in [0.29, 0.717) is 25.7 Å². The standard InChI is InChI=1S/C18H20Br2N4O2S2/c1-11(13-7-9-15(19)27-13)21-23-17(25)5-3-4-6-18(26)24-22-12(2)14-8-10-16(20)28-14/h7-10H,3-6H2,1-2H3,(H,23,25)(H,24,26)/b21-11+,22-12+. The SMILES string of the molecule is C/C(=N\NC(=O)CCCCC(=O)N/N=C(\C)c1ccc(Br)s1)c1ccc(Br)s1. The van der Waals surface area contributed by atoms with Crippen molar-refractivity contribution in [3.63, 3.8) is 0 Å². The predicted octanol–water partition coefficient (Wildman–Crippen LogP) is 5.28. The molecule has 6 nitrogen and oxygen atoms in total. The summed E-state index contributed by atoms with van der Waals surface area (Å²) in [5.41, 5.74) is 6.63. The molecule has 2 rings (SSSR count). The number of nitrogens with one attached hydrogen (secondary N) is 2. The normalized spacial score (nSPS) is 12.1. The molecule has 0 aliphatic carbocycles. The van der Waals surface area contributed by atoms with E-state index in [-0.39, 0.29) is 11.8 Å². The van der Waals surface area contributed by atoms with E-state index in [2.05, 4.69) is 52.9 Å². The van der Waals surface area contributed by atoms with Crippen molar-refractivity contribution < 1.29 is 9.59 Å². The van der Waals surface area contributed by atoms with Gasteiger partial charge in [0.15, 0.2) is 0 Å². The number of carbonyl (C=O) groups excluding carboxylic acids is 2. The number of carbonyl (C=O) groups is 2. The molecular formula is C18H20Br2N4O2S2. The molecule has 0 saturated carbocycles. The van der Waals surface area contributed by atoms with Crippen LogP contribution in [-0.4, -0.2) is 23.2 Å². The van der Waals surface area contributed by atoms with Gasteiger partial charge in [-0.1, -0.05) is 0 Å². The van der Waals surface area contributed by atoms with Crippen molar-refractivity contribution in [1.29, 1.82) is 0 Å². The predicted molar refractivity (Wildman–Crippen MR) is 123 cm³/mol. The maximum Gasteiger partial charge on any atom is 0.240 e. The smallest absolute Gasteiger partial charge is 0.240 e. The number of nitrogens with zero attached hydrogens (tertiary/aromatic N) is 2. The average molecular weight is 548 g/mol. The molecule has 2 aromatic heterocycles. The fraction of sp³-hybridized carbons (Fsp3) is 0.333. The monoisotopic (exact) mass is 546 g/mol. The summed E-state index contributed by atoms with van der Waals surface area (Å²) in [6, 6.07) is 7.77. The summed E-state index contributed by atoms with van der Waals surface area (Å²) in [6.07, 6.45) is 1.87. The van der Waals surface area contributed by atoms with Gasteiger partial charge in [-0.2, -0.15) is 10.2 Å². The fourth-order valence-corrected chi connectivity index (χ4v) is 4.76. The average Bonchev–Trinajstić information content (AvgIpc) is 3.29. The zero-order chi connectivity index (χ0) is 20.5. The molecule has 10 heteroatoms. The Balaban J connectivity index is 1.63. The Kier molecular flexibility index (Phi) is 9.49. The Morgan fingerprint density at radius 1 is 0.821 bits per heavy atom. The highest BCUT2D eigenvalue weighted by Crippen LogP contribution is 2.23. The van der Waals surface area contributed by atoms with Crippen LogP contribution < -0.4 is 10.9 Å². The van der Waals surface area contributed by atoms with Gasteiger partial charge >= 0.3 is 0 Å². The van der Waals surface area contributed by atoms with Crippen molar-refractivity contribution in [2.75, 3.05) is 0 Å². The lowest BCUT2D eigenvalue weighted by Gasteiger charge is -2.03. The molecule has 0 aliphatic rings. The highest BCUT2D eigenvalue weighted by molar-refractivity contribution is 9.11. The lowest BCUT2D eigenvalue weighted by molar-refractivity contribution is -0.123. The minimum Gasteiger partial charge on any atom is -0.273 e. The van der Waals surface area contributed by atoms with Crippen molar-refractivity contribution in [2.24, 2.45) is 10.2 Å². The highest BCUT2D eigenvalue weighted by Gasteiger charge is 2.06. The molecule has 0 fully saturated rings.